The van der Waals surface area contributed by atoms with Gasteiger partial charge in [-0.1, -0.05) is 24.8 Å². The van der Waals surface area contributed by atoms with Crippen LogP contribution in [0.15, 0.2) is 43.1 Å². The van der Waals surface area contributed by atoms with Crippen molar-refractivity contribution < 1.29 is 4.79 Å². The van der Waals surface area contributed by atoms with Gasteiger partial charge in [0.2, 0.25) is 11.9 Å². The molecule has 1 amide bonds. The van der Waals surface area contributed by atoms with Crippen molar-refractivity contribution in [2.45, 2.75) is 0 Å². The predicted molar refractivity (Wildman–Crippen MR) is 58.4 cm³/mol. The monoisotopic (exact) mass is 199 g/mol. The predicted octanol–water partition coefficient (Wildman–Crippen LogP) is 1.75. The summed E-state index contributed by atoms with van der Waals surface area (Å²) in [4.78, 5) is 19.2. The fraction of sp³-hybridized carbons (Fsp3) is 0. The lowest BCUT2D eigenvalue weighted by molar-refractivity contribution is -0.111. The van der Waals surface area contributed by atoms with Gasteiger partial charge in [0.05, 0.1) is 5.52 Å². The van der Waals surface area contributed by atoms with Crippen LogP contribution in [0.5, 0.6) is 0 Å². The Morgan fingerprint density at radius 3 is 3.00 bits per heavy atom. The van der Waals surface area contributed by atoms with Gasteiger partial charge in [0.1, 0.15) is 0 Å². The lowest BCUT2D eigenvalue weighted by atomic mass is 10.2. The Kier molecular flexibility index (Phi) is 2.41. The second-order valence-corrected chi connectivity index (χ2v) is 2.95. The first-order chi connectivity index (χ1) is 7.29. The van der Waals surface area contributed by atoms with Crippen molar-refractivity contribution in [1.82, 2.24) is 9.97 Å². The van der Waals surface area contributed by atoms with E-state index in [4.69, 9.17) is 0 Å². The summed E-state index contributed by atoms with van der Waals surface area (Å²) in [5, 5.41) is 3.44. The van der Waals surface area contributed by atoms with Crippen LogP contribution >= 0.6 is 0 Å². The number of fused-ring (bicyclic) bond motifs is 1. The summed E-state index contributed by atoms with van der Waals surface area (Å²) < 4.78 is 0. The maximum absolute atomic E-state index is 11.0. The number of hydrogen-bond acceptors (Lipinski definition) is 3. The molecule has 0 aliphatic carbocycles. The molecule has 0 bridgehead atoms. The lowest BCUT2D eigenvalue weighted by Gasteiger charge is -2.01. The van der Waals surface area contributed by atoms with Crippen LogP contribution in [0.1, 0.15) is 0 Å². The summed E-state index contributed by atoms with van der Waals surface area (Å²) in [6.07, 6.45) is 2.85. The van der Waals surface area contributed by atoms with Crippen LogP contribution in [0.4, 0.5) is 5.95 Å². The van der Waals surface area contributed by atoms with Crippen LogP contribution in [0.2, 0.25) is 0 Å². The molecule has 15 heavy (non-hydrogen) atoms. The van der Waals surface area contributed by atoms with E-state index in [9.17, 15) is 4.79 Å². The molecule has 0 saturated carbocycles. The largest absolute Gasteiger partial charge is 0.291 e. The summed E-state index contributed by atoms with van der Waals surface area (Å²) in [5.74, 6) is -0.0242. The van der Waals surface area contributed by atoms with Crippen LogP contribution in [0.3, 0.4) is 0 Å². The van der Waals surface area contributed by atoms with Gasteiger partial charge in [-0.05, 0) is 12.1 Å². The van der Waals surface area contributed by atoms with Crippen LogP contribution in [-0.2, 0) is 4.79 Å². The van der Waals surface area contributed by atoms with Crippen molar-refractivity contribution in [2.24, 2.45) is 0 Å². The Hall–Kier alpha value is -2.23. The standard InChI is InChI=1S/C11H9N3O/c1-2-10(15)14-11-12-7-8-5-3-4-6-9(8)13-11/h2-7H,1H2,(H,12,13,14,15). The lowest BCUT2D eigenvalue weighted by Crippen LogP contribution is -2.10. The number of nitrogens with zero attached hydrogens (tertiary/aromatic N) is 2. The van der Waals surface area contributed by atoms with Crippen molar-refractivity contribution >= 4 is 22.8 Å². The number of amides is 1. The second kappa shape index (κ2) is 3.88. The van der Waals surface area contributed by atoms with E-state index in [0.29, 0.717) is 5.95 Å². The molecule has 0 fully saturated rings. The zero-order chi connectivity index (χ0) is 10.7. The van der Waals surface area contributed by atoms with E-state index in [2.05, 4.69) is 21.9 Å². The molecular formula is C11H9N3O. The van der Waals surface area contributed by atoms with E-state index >= 15 is 0 Å². The quantitative estimate of drug-likeness (QED) is 0.750. The Balaban J connectivity index is 2.38. The van der Waals surface area contributed by atoms with Crippen LogP contribution in [-0.4, -0.2) is 15.9 Å². The molecule has 1 aromatic carbocycles. The van der Waals surface area contributed by atoms with E-state index in [1.165, 1.54) is 6.08 Å². The minimum atomic E-state index is -0.315. The fourth-order valence-electron chi connectivity index (χ4n) is 1.19. The Morgan fingerprint density at radius 1 is 1.40 bits per heavy atom. The van der Waals surface area contributed by atoms with Crippen molar-refractivity contribution in [2.75, 3.05) is 5.32 Å². The SMILES string of the molecule is C=CC(=O)Nc1ncc2ccccc2n1. The molecular weight excluding hydrogens is 190 g/mol. The number of nitrogens with one attached hydrogen (secondary N) is 1. The number of anilines is 1. The van der Waals surface area contributed by atoms with Crippen LogP contribution < -0.4 is 5.32 Å². The summed E-state index contributed by atoms with van der Waals surface area (Å²) in [6, 6.07) is 7.57. The minimum Gasteiger partial charge on any atom is -0.291 e. The number of benzene rings is 1. The molecule has 2 aromatic rings. The third-order valence-electron chi connectivity index (χ3n) is 1.91. The summed E-state index contributed by atoms with van der Waals surface area (Å²) >= 11 is 0. The molecule has 1 heterocycles. The maximum Gasteiger partial charge on any atom is 0.250 e. The minimum absolute atomic E-state index is 0.290. The number of carbonyl (C=O) groups excluding carboxylic acids is 1. The number of rotatable bonds is 2. The third-order valence-corrected chi connectivity index (χ3v) is 1.91. The highest BCUT2D eigenvalue weighted by Gasteiger charge is 2.01. The molecule has 4 heteroatoms. The van der Waals surface area contributed by atoms with E-state index in [1.54, 1.807) is 6.20 Å². The van der Waals surface area contributed by atoms with Gasteiger partial charge < -0.3 is 0 Å². The smallest absolute Gasteiger partial charge is 0.250 e. The number of aromatic nitrogens is 2. The average molecular weight is 199 g/mol. The molecule has 0 aliphatic rings. The first-order valence-corrected chi connectivity index (χ1v) is 4.45. The van der Waals surface area contributed by atoms with Gasteiger partial charge in [-0.3, -0.25) is 10.1 Å². The summed E-state index contributed by atoms with van der Waals surface area (Å²) in [7, 11) is 0. The number of para-hydroxylation sites is 1. The Morgan fingerprint density at radius 2 is 2.20 bits per heavy atom. The van der Waals surface area contributed by atoms with Crippen molar-refractivity contribution in [3.05, 3.63) is 43.1 Å². The van der Waals surface area contributed by atoms with Gasteiger partial charge in [-0.2, -0.15) is 0 Å². The molecule has 0 unspecified atom stereocenters. The maximum atomic E-state index is 11.0. The molecule has 0 atom stereocenters. The molecule has 1 aromatic heterocycles. The molecule has 0 spiro atoms. The highest BCUT2D eigenvalue weighted by Crippen LogP contribution is 2.11. The summed E-state index contributed by atoms with van der Waals surface area (Å²) in [5.41, 5.74) is 0.798. The first-order valence-electron chi connectivity index (χ1n) is 4.45. The van der Waals surface area contributed by atoms with Gasteiger partial charge in [0.15, 0.2) is 0 Å². The van der Waals surface area contributed by atoms with Gasteiger partial charge in [0, 0.05) is 11.6 Å². The molecule has 2 rings (SSSR count). The zero-order valence-electron chi connectivity index (χ0n) is 7.97. The molecule has 0 radical (unpaired) electrons. The average Bonchev–Trinajstić information content (AvgIpc) is 2.29. The van der Waals surface area contributed by atoms with Crippen molar-refractivity contribution in [3.8, 4) is 0 Å². The van der Waals surface area contributed by atoms with Gasteiger partial charge in [0.25, 0.3) is 0 Å². The highest BCUT2D eigenvalue weighted by atomic mass is 16.1. The number of hydrogen-bond donors (Lipinski definition) is 1. The normalized spacial score (nSPS) is 9.87. The van der Waals surface area contributed by atoms with Gasteiger partial charge >= 0.3 is 0 Å². The zero-order valence-corrected chi connectivity index (χ0v) is 7.97. The molecule has 0 saturated heterocycles. The van der Waals surface area contributed by atoms with E-state index in [0.717, 1.165) is 10.9 Å². The molecule has 1 N–H and O–H groups in total. The Labute approximate surface area is 86.7 Å². The van der Waals surface area contributed by atoms with E-state index in [-0.39, 0.29) is 5.91 Å². The topological polar surface area (TPSA) is 54.9 Å². The molecule has 4 nitrogen and oxygen atoms in total. The van der Waals surface area contributed by atoms with Crippen LogP contribution in [0.25, 0.3) is 10.9 Å². The van der Waals surface area contributed by atoms with Gasteiger partial charge in [-0.15, -0.1) is 0 Å². The third kappa shape index (κ3) is 1.99. The van der Waals surface area contributed by atoms with Crippen molar-refractivity contribution in [1.29, 1.82) is 0 Å². The number of carbonyl (C=O) groups is 1. The second-order valence-electron chi connectivity index (χ2n) is 2.95. The van der Waals surface area contributed by atoms with E-state index in [1.807, 2.05) is 24.3 Å². The fourth-order valence-corrected chi connectivity index (χ4v) is 1.19. The highest BCUT2D eigenvalue weighted by molar-refractivity contribution is 5.98. The van der Waals surface area contributed by atoms with Crippen molar-refractivity contribution in [3.63, 3.8) is 0 Å². The summed E-state index contributed by atoms with van der Waals surface area (Å²) in [6.45, 7) is 3.35. The van der Waals surface area contributed by atoms with Crippen LogP contribution in [0, 0.1) is 0 Å². The molecule has 74 valence electrons. The first kappa shape index (κ1) is 9.33. The van der Waals surface area contributed by atoms with Gasteiger partial charge in [-0.25, -0.2) is 9.97 Å². The Bertz CT molecular complexity index is 522. The molecule has 0 aliphatic heterocycles. The van der Waals surface area contributed by atoms with E-state index < -0.39 is 0 Å².